The Hall–Kier alpha value is -2.81. The Morgan fingerprint density at radius 1 is 1.35 bits per heavy atom. The van der Waals surface area contributed by atoms with Crippen molar-refractivity contribution in [3.63, 3.8) is 0 Å². The number of likely N-dealkylation sites (tertiary alicyclic amines) is 1. The SMILES string of the molecule is CN1CCCC(=Nc2nc(Nc3ccc(C(=O)O)cc3)ncc2Br)C1=O. The number of anilines is 2. The number of nitrogens with zero attached hydrogens (tertiary/aromatic N) is 4. The second kappa shape index (κ2) is 7.61. The van der Waals surface area contributed by atoms with Crippen molar-refractivity contribution in [2.24, 2.45) is 4.99 Å². The minimum absolute atomic E-state index is 0.0967. The topological polar surface area (TPSA) is 108 Å². The summed E-state index contributed by atoms with van der Waals surface area (Å²) in [6.07, 6.45) is 3.03. The zero-order valence-electron chi connectivity index (χ0n) is 13.9. The van der Waals surface area contributed by atoms with Gasteiger partial charge in [-0.2, -0.15) is 4.98 Å². The molecular weight excluding hydrogens is 402 g/mol. The molecule has 0 spiro atoms. The van der Waals surface area contributed by atoms with Crippen molar-refractivity contribution in [2.45, 2.75) is 12.8 Å². The normalized spacial score (nSPS) is 16.0. The Balaban J connectivity index is 1.83. The van der Waals surface area contributed by atoms with E-state index in [-0.39, 0.29) is 11.5 Å². The smallest absolute Gasteiger partial charge is 0.335 e. The number of halogens is 1. The van der Waals surface area contributed by atoms with Crippen LogP contribution in [0.1, 0.15) is 23.2 Å². The summed E-state index contributed by atoms with van der Waals surface area (Å²) in [7, 11) is 1.75. The van der Waals surface area contributed by atoms with Gasteiger partial charge in [-0.05, 0) is 53.0 Å². The lowest BCUT2D eigenvalue weighted by molar-refractivity contribution is -0.123. The second-order valence-electron chi connectivity index (χ2n) is 5.76. The fraction of sp³-hybridized carbons (Fsp3) is 0.235. The quantitative estimate of drug-likeness (QED) is 0.791. The predicted molar refractivity (Wildman–Crippen MR) is 100 cm³/mol. The molecule has 1 aliphatic heterocycles. The van der Waals surface area contributed by atoms with E-state index < -0.39 is 5.97 Å². The van der Waals surface area contributed by atoms with Gasteiger partial charge in [-0.1, -0.05) is 0 Å². The van der Waals surface area contributed by atoms with Gasteiger partial charge in [0.15, 0.2) is 5.82 Å². The van der Waals surface area contributed by atoms with Crippen LogP contribution in [0, 0.1) is 0 Å². The Bertz CT molecular complexity index is 882. The van der Waals surface area contributed by atoms with Crippen LogP contribution in [0.5, 0.6) is 0 Å². The van der Waals surface area contributed by atoms with Crippen molar-refractivity contribution in [1.29, 1.82) is 0 Å². The van der Waals surface area contributed by atoms with E-state index in [0.29, 0.717) is 34.1 Å². The number of piperidine rings is 1. The van der Waals surface area contributed by atoms with E-state index in [4.69, 9.17) is 5.11 Å². The molecule has 1 fully saturated rings. The molecule has 9 heteroatoms. The number of benzene rings is 1. The Morgan fingerprint density at radius 3 is 2.77 bits per heavy atom. The van der Waals surface area contributed by atoms with Gasteiger partial charge in [0.25, 0.3) is 5.91 Å². The number of aromatic nitrogens is 2. The van der Waals surface area contributed by atoms with E-state index in [9.17, 15) is 9.59 Å². The van der Waals surface area contributed by atoms with Crippen LogP contribution in [0.3, 0.4) is 0 Å². The second-order valence-corrected chi connectivity index (χ2v) is 6.62. The summed E-state index contributed by atoms with van der Waals surface area (Å²) in [5, 5.41) is 11.9. The zero-order chi connectivity index (χ0) is 18.7. The summed E-state index contributed by atoms with van der Waals surface area (Å²) in [5.41, 5.74) is 1.30. The van der Waals surface area contributed by atoms with Crippen LogP contribution in [0.4, 0.5) is 17.5 Å². The first-order valence-electron chi connectivity index (χ1n) is 7.90. The number of carbonyl (C=O) groups excluding carboxylic acids is 1. The number of carboxylic acids is 1. The highest BCUT2D eigenvalue weighted by molar-refractivity contribution is 9.10. The number of nitrogens with one attached hydrogen (secondary N) is 1. The van der Waals surface area contributed by atoms with Gasteiger partial charge in [-0.3, -0.25) is 4.79 Å². The molecule has 8 nitrogen and oxygen atoms in total. The molecule has 1 aromatic heterocycles. The highest BCUT2D eigenvalue weighted by atomic mass is 79.9. The Kier molecular flexibility index (Phi) is 5.27. The molecule has 2 heterocycles. The number of carbonyl (C=O) groups is 2. The number of aromatic carboxylic acids is 1. The van der Waals surface area contributed by atoms with Gasteiger partial charge in [0.2, 0.25) is 5.95 Å². The van der Waals surface area contributed by atoms with Gasteiger partial charge in [0.1, 0.15) is 5.71 Å². The van der Waals surface area contributed by atoms with Gasteiger partial charge in [0.05, 0.1) is 10.0 Å². The third kappa shape index (κ3) is 4.05. The lowest BCUT2D eigenvalue weighted by Crippen LogP contribution is -2.38. The number of rotatable bonds is 4. The summed E-state index contributed by atoms with van der Waals surface area (Å²) >= 11 is 3.35. The molecule has 1 aliphatic rings. The molecule has 0 radical (unpaired) electrons. The number of carboxylic acid groups (broad SMARTS) is 1. The first kappa shape index (κ1) is 18.0. The molecule has 1 aromatic carbocycles. The summed E-state index contributed by atoms with van der Waals surface area (Å²) in [5.74, 6) is -0.423. The van der Waals surface area contributed by atoms with Crippen molar-refractivity contribution in [3.8, 4) is 0 Å². The van der Waals surface area contributed by atoms with Crippen molar-refractivity contribution < 1.29 is 14.7 Å². The van der Waals surface area contributed by atoms with Gasteiger partial charge in [0, 0.05) is 25.5 Å². The van der Waals surface area contributed by atoms with E-state index in [1.807, 2.05) is 0 Å². The first-order chi connectivity index (χ1) is 12.4. The van der Waals surface area contributed by atoms with E-state index in [0.717, 1.165) is 13.0 Å². The van der Waals surface area contributed by atoms with Gasteiger partial charge >= 0.3 is 5.97 Å². The Morgan fingerprint density at radius 2 is 2.08 bits per heavy atom. The lowest BCUT2D eigenvalue weighted by Gasteiger charge is -2.23. The molecule has 2 aromatic rings. The minimum Gasteiger partial charge on any atom is -0.478 e. The summed E-state index contributed by atoms with van der Waals surface area (Å²) < 4.78 is 0.581. The standard InChI is InChI=1S/C17H16BrN5O3/c1-23-8-2-3-13(15(23)24)21-14-12(18)9-19-17(22-14)20-11-6-4-10(5-7-11)16(25)26/h4-7,9H,2-3,8H2,1H3,(H,25,26)(H,19,20,22). The molecule has 26 heavy (non-hydrogen) atoms. The van der Waals surface area contributed by atoms with Crippen molar-refractivity contribution >= 4 is 51.0 Å². The maximum Gasteiger partial charge on any atom is 0.335 e. The average molecular weight is 418 g/mol. The molecular formula is C17H16BrN5O3. The van der Waals surface area contributed by atoms with Crippen LogP contribution >= 0.6 is 15.9 Å². The number of aliphatic imine (C=N–C) groups is 1. The highest BCUT2D eigenvalue weighted by Crippen LogP contribution is 2.26. The summed E-state index contributed by atoms with van der Waals surface area (Å²) in [6.45, 7) is 0.724. The largest absolute Gasteiger partial charge is 0.478 e. The molecule has 0 bridgehead atoms. The number of hydrogen-bond donors (Lipinski definition) is 2. The zero-order valence-corrected chi connectivity index (χ0v) is 15.5. The van der Waals surface area contributed by atoms with Crippen molar-refractivity contribution in [3.05, 3.63) is 40.5 Å². The van der Waals surface area contributed by atoms with Crippen LogP contribution in [-0.4, -0.2) is 51.2 Å². The Labute approximate surface area is 158 Å². The maximum atomic E-state index is 12.2. The van der Waals surface area contributed by atoms with Gasteiger partial charge in [-0.15, -0.1) is 0 Å². The first-order valence-corrected chi connectivity index (χ1v) is 8.69. The fourth-order valence-electron chi connectivity index (χ4n) is 2.47. The average Bonchev–Trinajstić information content (AvgIpc) is 2.62. The molecule has 0 unspecified atom stereocenters. The van der Waals surface area contributed by atoms with Gasteiger partial charge < -0.3 is 15.3 Å². The molecule has 2 N–H and O–H groups in total. The van der Waals surface area contributed by atoms with E-state index >= 15 is 0 Å². The molecule has 1 amide bonds. The molecule has 0 atom stereocenters. The molecule has 134 valence electrons. The van der Waals surface area contributed by atoms with Crippen molar-refractivity contribution in [2.75, 3.05) is 18.9 Å². The number of hydrogen-bond acceptors (Lipinski definition) is 6. The summed E-state index contributed by atoms with van der Waals surface area (Å²) in [4.78, 5) is 37.6. The molecule has 0 saturated carbocycles. The third-order valence-corrected chi connectivity index (χ3v) is 4.41. The highest BCUT2D eigenvalue weighted by Gasteiger charge is 2.22. The van der Waals surface area contributed by atoms with Gasteiger partial charge in [-0.25, -0.2) is 14.8 Å². The van der Waals surface area contributed by atoms with E-state index in [1.165, 1.54) is 12.1 Å². The molecule has 3 rings (SSSR count). The summed E-state index contributed by atoms with van der Waals surface area (Å²) in [6, 6.07) is 6.22. The molecule has 0 aliphatic carbocycles. The number of amides is 1. The van der Waals surface area contributed by atoms with Crippen LogP contribution in [0.15, 0.2) is 39.9 Å². The maximum absolute atomic E-state index is 12.2. The van der Waals surface area contributed by atoms with Crippen LogP contribution in [0.2, 0.25) is 0 Å². The van der Waals surface area contributed by atoms with Crippen molar-refractivity contribution in [1.82, 2.24) is 14.9 Å². The molecule has 1 saturated heterocycles. The third-order valence-electron chi connectivity index (χ3n) is 3.86. The predicted octanol–water partition coefficient (Wildman–Crippen LogP) is 3.01. The van der Waals surface area contributed by atoms with Crippen LogP contribution in [-0.2, 0) is 4.79 Å². The van der Waals surface area contributed by atoms with E-state index in [1.54, 1.807) is 30.3 Å². The monoisotopic (exact) mass is 417 g/mol. The van der Waals surface area contributed by atoms with E-state index in [2.05, 4.69) is 36.2 Å². The fourth-order valence-corrected chi connectivity index (χ4v) is 2.75. The lowest BCUT2D eigenvalue weighted by atomic mass is 10.1. The minimum atomic E-state index is -0.989. The van der Waals surface area contributed by atoms with Crippen LogP contribution in [0.25, 0.3) is 0 Å². The van der Waals surface area contributed by atoms with Crippen LogP contribution < -0.4 is 5.32 Å².